The van der Waals surface area contributed by atoms with Gasteiger partial charge in [-0.15, -0.1) is 0 Å². The van der Waals surface area contributed by atoms with E-state index in [4.69, 9.17) is 14.2 Å². The van der Waals surface area contributed by atoms with E-state index in [2.05, 4.69) is 16.0 Å². The molecule has 172 valence electrons. The highest BCUT2D eigenvalue weighted by atomic mass is 16.5. The van der Waals surface area contributed by atoms with Crippen LogP contribution in [0.5, 0.6) is 11.5 Å². The highest BCUT2D eigenvalue weighted by Crippen LogP contribution is 2.29. The van der Waals surface area contributed by atoms with Crippen molar-refractivity contribution in [2.45, 2.75) is 44.4 Å². The fraction of sp³-hybridized carbons (Fsp3) is 0.520. The number of hydrogen-bond donors (Lipinski definition) is 0. The van der Waals surface area contributed by atoms with Crippen LogP contribution >= 0.6 is 0 Å². The Hall–Kier alpha value is -2.64. The number of morpholine rings is 1. The van der Waals surface area contributed by atoms with Crippen molar-refractivity contribution in [2.75, 3.05) is 40.5 Å². The van der Waals surface area contributed by atoms with Gasteiger partial charge in [-0.3, -0.25) is 14.7 Å². The molecule has 0 spiro atoms. The number of pyridine rings is 1. The van der Waals surface area contributed by atoms with Gasteiger partial charge < -0.3 is 19.1 Å². The molecule has 0 bridgehead atoms. The third kappa shape index (κ3) is 5.40. The number of amides is 1. The highest BCUT2D eigenvalue weighted by Gasteiger charge is 2.31. The summed E-state index contributed by atoms with van der Waals surface area (Å²) in [7, 11) is 3.30. The molecule has 2 heterocycles. The van der Waals surface area contributed by atoms with Crippen molar-refractivity contribution >= 4 is 5.91 Å². The predicted octanol–water partition coefficient (Wildman–Crippen LogP) is 3.38. The summed E-state index contributed by atoms with van der Waals surface area (Å²) in [4.78, 5) is 21.9. The molecule has 1 unspecified atom stereocenters. The van der Waals surface area contributed by atoms with E-state index < -0.39 is 0 Å². The summed E-state index contributed by atoms with van der Waals surface area (Å²) in [5.74, 6) is 1.53. The summed E-state index contributed by atoms with van der Waals surface area (Å²) in [6, 6.07) is 10.0. The number of ether oxygens (including phenoxy) is 3. The number of carbonyl (C=O) groups is 1. The molecule has 2 aromatic rings. The zero-order chi connectivity index (χ0) is 22.3. The lowest BCUT2D eigenvalue weighted by molar-refractivity contribution is -0.0468. The number of aromatic nitrogens is 1. The lowest BCUT2D eigenvalue weighted by atomic mass is 10.1. The lowest BCUT2D eigenvalue weighted by Crippen LogP contribution is -2.50. The van der Waals surface area contributed by atoms with Crippen molar-refractivity contribution in [3.05, 3.63) is 53.9 Å². The summed E-state index contributed by atoms with van der Waals surface area (Å²) < 4.78 is 16.9. The van der Waals surface area contributed by atoms with Crippen LogP contribution in [-0.2, 0) is 11.3 Å². The van der Waals surface area contributed by atoms with Crippen molar-refractivity contribution in [1.29, 1.82) is 0 Å². The molecule has 1 amide bonds. The van der Waals surface area contributed by atoms with Gasteiger partial charge >= 0.3 is 0 Å². The molecule has 7 nitrogen and oxygen atoms in total. The number of rotatable bonds is 8. The van der Waals surface area contributed by atoms with Crippen LogP contribution in [0.1, 0.15) is 41.6 Å². The van der Waals surface area contributed by atoms with E-state index in [0.29, 0.717) is 18.7 Å². The van der Waals surface area contributed by atoms with E-state index in [1.165, 1.54) is 18.4 Å². The van der Waals surface area contributed by atoms with Crippen molar-refractivity contribution in [3.8, 4) is 11.5 Å². The Morgan fingerprint density at radius 2 is 2.00 bits per heavy atom. The summed E-state index contributed by atoms with van der Waals surface area (Å²) >= 11 is 0. The maximum absolute atomic E-state index is 13.3. The second-order valence-corrected chi connectivity index (χ2v) is 8.55. The molecule has 7 heteroatoms. The van der Waals surface area contributed by atoms with Gasteiger partial charge in [-0.05, 0) is 42.7 Å². The fourth-order valence-electron chi connectivity index (χ4n) is 4.76. The minimum Gasteiger partial charge on any atom is -0.493 e. The zero-order valence-corrected chi connectivity index (χ0v) is 19.0. The Bertz CT molecular complexity index is 886. The molecule has 1 saturated carbocycles. The Morgan fingerprint density at radius 1 is 1.19 bits per heavy atom. The molecule has 1 aliphatic heterocycles. The van der Waals surface area contributed by atoms with Gasteiger partial charge in [0.2, 0.25) is 0 Å². The van der Waals surface area contributed by atoms with Gasteiger partial charge in [0, 0.05) is 44.6 Å². The van der Waals surface area contributed by atoms with Crippen molar-refractivity contribution in [3.63, 3.8) is 0 Å². The van der Waals surface area contributed by atoms with Crippen LogP contribution < -0.4 is 9.47 Å². The normalized spacial score (nSPS) is 19.6. The quantitative estimate of drug-likeness (QED) is 0.628. The summed E-state index contributed by atoms with van der Waals surface area (Å²) in [5, 5.41) is 0. The van der Waals surface area contributed by atoms with Crippen LogP contribution in [0.3, 0.4) is 0 Å². The molecule has 2 aliphatic rings. The van der Waals surface area contributed by atoms with Gasteiger partial charge in [-0.1, -0.05) is 18.9 Å². The van der Waals surface area contributed by atoms with E-state index in [1.807, 2.05) is 29.2 Å². The number of carbonyl (C=O) groups excluding carboxylic acids is 1. The van der Waals surface area contributed by atoms with Crippen LogP contribution in [-0.4, -0.2) is 73.3 Å². The molecule has 1 atom stereocenters. The Morgan fingerprint density at radius 3 is 2.72 bits per heavy atom. The number of hydrogen-bond acceptors (Lipinski definition) is 6. The summed E-state index contributed by atoms with van der Waals surface area (Å²) in [6.07, 6.45) is 7.84. The summed E-state index contributed by atoms with van der Waals surface area (Å²) in [5.41, 5.74) is 1.82. The van der Waals surface area contributed by atoms with Gasteiger partial charge in [-0.25, -0.2) is 0 Å². The molecular formula is C25H33N3O4. The van der Waals surface area contributed by atoms with E-state index >= 15 is 0 Å². The molecule has 1 aromatic heterocycles. The van der Waals surface area contributed by atoms with E-state index in [0.717, 1.165) is 44.0 Å². The van der Waals surface area contributed by atoms with Gasteiger partial charge in [0.15, 0.2) is 11.5 Å². The molecule has 4 rings (SSSR count). The van der Waals surface area contributed by atoms with Gasteiger partial charge in [0.25, 0.3) is 5.91 Å². The van der Waals surface area contributed by atoms with Crippen molar-refractivity contribution in [1.82, 2.24) is 14.8 Å². The molecule has 32 heavy (non-hydrogen) atoms. The number of nitrogens with zero attached hydrogens (tertiary/aromatic N) is 3. The van der Waals surface area contributed by atoms with E-state index in [1.54, 1.807) is 26.6 Å². The maximum atomic E-state index is 13.3. The minimum atomic E-state index is -0.00915. The molecular weight excluding hydrogens is 406 g/mol. The van der Waals surface area contributed by atoms with Crippen LogP contribution in [0.4, 0.5) is 0 Å². The van der Waals surface area contributed by atoms with E-state index in [9.17, 15) is 4.79 Å². The highest BCUT2D eigenvalue weighted by molar-refractivity contribution is 5.94. The third-order valence-electron chi connectivity index (χ3n) is 6.41. The van der Waals surface area contributed by atoms with Gasteiger partial charge in [-0.2, -0.15) is 0 Å². The smallest absolute Gasteiger partial charge is 0.255 e. The van der Waals surface area contributed by atoms with Crippen LogP contribution in [0, 0.1) is 0 Å². The topological polar surface area (TPSA) is 64.1 Å². The Balaban J connectivity index is 1.42. The Kier molecular flexibility index (Phi) is 7.60. The third-order valence-corrected chi connectivity index (χ3v) is 6.41. The molecule has 1 aromatic carbocycles. The average molecular weight is 440 g/mol. The first-order valence-electron chi connectivity index (χ1n) is 11.4. The first kappa shape index (κ1) is 22.6. The fourth-order valence-corrected chi connectivity index (χ4v) is 4.76. The van der Waals surface area contributed by atoms with Crippen LogP contribution in [0.25, 0.3) is 0 Å². The van der Waals surface area contributed by atoms with E-state index in [-0.39, 0.29) is 18.1 Å². The first-order chi connectivity index (χ1) is 15.7. The maximum Gasteiger partial charge on any atom is 0.255 e. The van der Waals surface area contributed by atoms with Crippen LogP contribution in [0.2, 0.25) is 0 Å². The lowest BCUT2D eigenvalue weighted by Gasteiger charge is -2.38. The second kappa shape index (κ2) is 10.8. The first-order valence-corrected chi connectivity index (χ1v) is 11.4. The average Bonchev–Trinajstić information content (AvgIpc) is 3.37. The largest absolute Gasteiger partial charge is 0.493 e. The standard InChI is InChI=1S/C25H33N3O4/c1-30-23-10-9-19(14-24(23)31-2)16-27-12-13-32-22(17-27)18-28(21-7-3-4-8-21)25(29)20-6-5-11-26-15-20/h5-6,9-11,14-15,21-22H,3-4,7-8,12-13,16-18H2,1-2H3. The molecule has 1 aliphatic carbocycles. The Labute approximate surface area is 190 Å². The number of benzene rings is 1. The minimum absolute atomic E-state index is 0.00915. The predicted molar refractivity (Wildman–Crippen MR) is 122 cm³/mol. The van der Waals surface area contributed by atoms with Crippen LogP contribution in [0.15, 0.2) is 42.7 Å². The second-order valence-electron chi connectivity index (χ2n) is 8.55. The monoisotopic (exact) mass is 439 g/mol. The zero-order valence-electron chi connectivity index (χ0n) is 19.0. The van der Waals surface area contributed by atoms with Gasteiger partial charge in [0.1, 0.15) is 0 Å². The molecule has 2 fully saturated rings. The SMILES string of the molecule is COc1ccc(CN2CCOC(CN(C(=O)c3cccnc3)C3CCCC3)C2)cc1OC. The molecule has 0 radical (unpaired) electrons. The summed E-state index contributed by atoms with van der Waals surface area (Å²) in [6.45, 7) is 3.74. The van der Waals surface area contributed by atoms with Crippen molar-refractivity contribution < 1.29 is 19.0 Å². The van der Waals surface area contributed by atoms with Crippen molar-refractivity contribution in [2.24, 2.45) is 0 Å². The number of methoxy groups -OCH3 is 2. The molecule has 1 saturated heterocycles. The van der Waals surface area contributed by atoms with Gasteiger partial charge in [0.05, 0.1) is 32.5 Å². The molecule has 0 N–H and O–H groups in total.